The minimum absolute atomic E-state index is 0.126. The first-order valence-electron chi connectivity index (χ1n) is 9.63. The van der Waals surface area contributed by atoms with Crippen molar-refractivity contribution in [3.8, 4) is 11.5 Å². The Labute approximate surface area is 159 Å². The molecule has 1 heterocycles. The van der Waals surface area contributed by atoms with Gasteiger partial charge in [-0.1, -0.05) is 19.1 Å². The summed E-state index contributed by atoms with van der Waals surface area (Å²) in [6.07, 6.45) is 3.33. The average molecular weight is 372 g/mol. The standard InChI is InChI=1S/C21H28N2O4/c1-15-6-4-10-23(13-15)14-16-7-3-8-17(12-16)27-11-5-9-22-18-19(24)20(25)21(18)26-2/h3,7-8,12,15,22H,4-6,9-11,13-14H2,1-2H3. The van der Waals surface area contributed by atoms with Crippen molar-refractivity contribution >= 4 is 5.69 Å². The maximum absolute atomic E-state index is 11.5. The average Bonchev–Trinajstić information content (AvgIpc) is 2.66. The van der Waals surface area contributed by atoms with E-state index in [0.717, 1.165) is 31.2 Å². The molecule has 2 aromatic carbocycles. The van der Waals surface area contributed by atoms with Gasteiger partial charge in [-0.15, -0.1) is 0 Å². The first-order valence-corrected chi connectivity index (χ1v) is 9.63. The van der Waals surface area contributed by atoms with Crippen molar-refractivity contribution in [3.05, 3.63) is 50.3 Å². The number of ether oxygens (including phenoxy) is 2. The Bertz CT molecular complexity index is 826. The summed E-state index contributed by atoms with van der Waals surface area (Å²) in [6.45, 7) is 6.70. The molecule has 27 heavy (non-hydrogen) atoms. The number of hydrogen-bond acceptors (Lipinski definition) is 6. The number of nitrogens with one attached hydrogen (secondary N) is 1. The molecule has 0 spiro atoms. The molecule has 1 N–H and O–H groups in total. The first-order chi connectivity index (χ1) is 13.1. The number of rotatable bonds is 9. The van der Waals surface area contributed by atoms with Crippen LogP contribution in [0.2, 0.25) is 0 Å². The molecule has 1 atom stereocenters. The zero-order valence-electron chi connectivity index (χ0n) is 16.1. The van der Waals surface area contributed by atoms with Gasteiger partial charge in [-0.25, -0.2) is 0 Å². The van der Waals surface area contributed by atoms with Crippen LogP contribution in [0, 0.1) is 5.92 Å². The quantitative estimate of drug-likeness (QED) is 0.539. The van der Waals surface area contributed by atoms with Crippen molar-refractivity contribution in [2.75, 3.05) is 38.7 Å². The van der Waals surface area contributed by atoms with E-state index < -0.39 is 10.9 Å². The molecule has 2 aromatic rings. The summed E-state index contributed by atoms with van der Waals surface area (Å²) in [5.41, 5.74) is 0.483. The van der Waals surface area contributed by atoms with Crippen molar-refractivity contribution in [1.29, 1.82) is 0 Å². The highest BCUT2D eigenvalue weighted by molar-refractivity contribution is 5.61. The molecule has 1 aliphatic rings. The van der Waals surface area contributed by atoms with Crippen LogP contribution in [0.5, 0.6) is 11.5 Å². The molecule has 146 valence electrons. The lowest BCUT2D eigenvalue weighted by Crippen LogP contribution is -2.35. The lowest BCUT2D eigenvalue weighted by Gasteiger charge is -2.30. The molecule has 1 aliphatic heterocycles. The molecule has 1 fully saturated rings. The van der Waals surface area contributed by atoms with Gasteiger partial charge in [-0.2, -0.15) is 0 Å². The van der Waals surface area contributed by atoms with Gasteiger partial charge in [0.05, 0.1) is 13.7 Å². The van der Waals surface area contributed by atoms with Gasteiger partial charge in [0, 0.05) is 19.6 Å². The highest BCUT2D eigenvalue weighted by Crippen LogP contribution is 2.20. The number of likely N-dealkylation sites (tertiary alicyclic amines) is 1. The molecule has 6 nitrogen and oxygen atoms in total. The van der Waals surface area contributed by atoms with E-state index in [0.29, 0.717) is 13.2 Å². The topological polar surface area (TPSA) is 67.9 Å². The van der Waals surface area contributed by atoms with Crippen LogP contribution in [0.15, 0.2) is 33.9 Å². The molecule has 0 aliphatic carbocycles. The number of benzene rings is 1. The van der Waals surface area contributed by atoms with E-state index in [4.69, 9.17) is 9.47 Å². The van der Waals surface area contributed by atoms with Crippen LogP contribution >= 0.6 is 0 Å². The molecule has 0 amide bonds. The lowest BCUT2D eigenvalue weighted by atomic mass is 10.00. The fourth-order valence-electron chi connectivity index (χ4n) is 3.62. The van der Waals surface area contributed by atoms with Crippen LogP contribution in [0.25, 0.3) is 0 Å². The third-order valence-corrected chi connectivity index (χ3v) is 5.01. The Morgan fingerprint density at radius 2 is 2.11 bits per heavy atom. The molecule has 1 saturated heterocycles. The van der Waals surface area contributed by atoms with E-state index in [1.165, 1.54) is 32.1 Å². The number of nitrogens with zero attached hydrogens (tertiary/aromatic N) is 1. The Hall–Kier alpha value is -2.34. The Kier molecular flexibility index (Phi) is 6.50. The predicted octanol–water partition coefficient (Wildman–Crippen LogP) is 2.40. The molecule has 1 unspecified atom stereocenters. The van der Waals surface area contributed by atoms with Gasteiger partial charge in [-0.05, 0) is 49.4 Å². The van der Waals surface area contributed by atoms with Crippen molar-refractivity contribution in [2.45, 2.75) is 32.7 Å². The van der Waals surface area contributed by atoms with E-state index in [1.807, 2.05) is 12.1 Å². The molecule has 0 saturated carbocycles. The molecule has 0 bridgehead atoms. The van der Waals surface area contributed by atoms with E-state index in [9.17, 15) is 9.59 Å². The largest absolute Gasteiger partial charge is 0.494 e. The van der Waals surface area contributed by atoms with Crippen LogP contribution in [-0.4, -0.2) is 38.3 Å². The van der Waals surface area contributed by atoms with Crippen molar-refractivity contribution in [1.82, 2.24) is 4.90 Å². The van der Waals surface area contributed by atoms with Crippen LogP contribution in [0.3, 0.4) is 0 Å². The zero-order chi connectivity index (χ0) is 19.2. The smallest absolute Gasteiger partial charge is 0.271 e. The van der Waals surface area contributed by atoms with Crippen LogP contribution in [-0.2, 0) is 6.54 Å². The Balaban J connectivity index is 1.41. The molecule has 6 heteroatoms. The van der Waals surface area contributed by atoms with Gasteiger partial charge in [0.2, 0.25) is 0 Å². The summed E-state index contributed by atoms with van der Waals surface area (Å²) in [7, 11) is 1.39. The normalized spacial score (nSPS) is 17.8. The van der Waals surface area contributed by atoms with Crippen molar-refractivity contribution in [2.24, 2.45) is 5.92 Å². The number of methoxy groups -OCH3 is 1. The fraction of sp³-hybridized carbons (Fsp3) is 0.524. The number of hydrogen-bond donors (Lipinski definition) is 1. The summed E-state index contributed by atoms with van der Waals surface area (Å²) in [5, 5.41) is 2.95. The Morgan fingerprint density at radius 1 is 1.26 bits per heavy atom. The second-order valence-corrected chi connectivity index (χ2v) is 7.33. The highest BCUT2D eigenvalue weighted by Gasteiger charge is 2.21. The summed E-state index contributed by atoms with van der Waals surface area (Å²) >= 11 is 0. The predicted molar refractivity (Wildman–Crippen MR) is 107 cm³/mol. The Morgan fingerprint density at radius 3 is 2.89 bits per heavy atom. The summed E-state index contributed by atoms with van der Waals surface area (Å²) < 4.78 is 10.7. The van der Waals surface area contributed by atoms with E-state index >= 15 is 0 Å². The van der Waals surface area contributed by atoms with Gasteiger partial charge in [0.25, 0.3) is 10.9 Å². The van der Waals surface area contributed by atoms with Gasteiger partial charge in [-0.3, -0.25) is 14.5 Å². The van der Waals surface area contributed by atoms with E-state index in [1.54, 1.807) is 0 Å². The minimum atomic E-state index is -0.559. The van der Waals surface area contributed by atoms with Gasteiger partial charge < -0.3 is 14.8 Å². The summed E-state index contributed by atoms with van der Waals surface area (Å²) in [6, 6.07) is 8.25. The number of piperidine rings is 1. The highest BCUT2D eigenvalue weighted by atomic mass is 16.5. The minimum Gasteiger partial charge on any atom is -0.494 e. The van der Waals surface area contributed by atoms with Crippen LogP contribution in [0.1, 0.15) is 31.7 Å². The summed E-state index contributed by atoms with van der Waals surface area (Å²) in [5.74, 6) is 1.77. The van der Waals surface area contributed by atoms with E-state index in [-0.39, 0.29) is 11.4 Å². The van der Waals surface area contributed by atoms with Crippen LogP contribution in [0.4, 0.5) is 5.69 Å². The maximum Gasteiger partial charge on any atom is 0.271 e. The maximum atomic E-state index is 11.5. The zero-order valence-corrected chi connectivity index (χ0v) is 16.1. The molecule has 0 aromatic heterocycles. The third kappa shape index (κ3) is 4.89. The summed E-state index contributed by atoms with van der Waals surface area (Å²) in [4.78, 5) is 25.2. The lowest BCUT2D eigenvalue weighted by molar-refractivity contribution is 0.176. The second-order valence-electron chi connectivity index (χ2n) is 7.33. The SMILES string of the molecule is COc1c(NCCCOc2cccc(CN3CCCC(C)C3)c2)c(=O)c1=O. The monoisotopic (exact) mass is 372 g/mol. The molecule has 3 rings (SSSR count). The van der Waals surface area contributed by atoms with Crippen molar-refractivity contribution in [3.63, 3.8) is 0 Å². The fourth-order valence-corrected chi connectivity index (χ4v) is 3.62. The second kappa shape index (κ2) is 9.04. The first kappa shape index (κ1) is 19.4. The van der Waals surface area contributed by atoms with E-state index in [2.05, 4.69) is 29.3 Å². The molecular weight excluding hydrogens is 344 g/mol. The van der Waals surface area contributed by atoms with Crippen LogP contribution < -0.4 is 25.6 Å². The molecular formula is C21H28N2O4. The van der Waals surface area contributed by atoms with Crippen molar-refractivity contribution < 1.29 is 9.47 Å². The van der Waals surface area contributed by atoms with Gasteiger partial charge in [0.1, 0.15) is 11.4 Å². The number of anilines is 1. The third-order valence-electron chi connectivity index (χ3n) is 5.01. The van der Waals surface area contributed by atoms with Gasteiger partial charge in [0.15, 0.2) is 5.75 Å². The molecule has 0 radical (unpaired) electrons. The van der Waals surface area contributed by atoms with Gasteiger partial charge >= 0.3 is 0 Å².